The summed E-state index contributed by atoms with van der Waals surface area (Å²) < 4.78 is 27.5. The first-order valence-corrected chi connectivity index (χ1v) is 13.4. The molecule has 1 aliphatic heterocycles. The maximum atomic E-state index is 15.5. The summed E-state index contributed by atoms with van der Waals surface area (Å²) in [5.41, 5.74) is -0.179. The maximum absolute atomic E-state index is 15.5. The largest absolute Gasteiger partial charge is 0.481 e. The lowest BCUT2D eigenvalue weighted by Crippen LogP contribution is -2.44. The van der Waals surface area contributed by atoms with Gasteiger partial charge < -0.3 is 18.9 Å². The number of hydrogen-bond donors (Lipinski definition) is 0. The Hall–Kier alpha value is -4.75. The molecule has 42 heavy (non-hydrogen) atoms. The number of rotatable bonds is 10. The van der Waals surface area contributed by atoms with E-state index in [-0.39, 0.29) is 34.7 Å². The summed E-state index contributed by atoms with van der Waals surface area (Å²) in [6, 6.07) is 4.31. The highest BCUT2D eigenvalue weighted by Crippen LogP contribution is 2.38. The highest BCUT2D eigenvalue weighted by atomic mass is 19.1. The SMILES string of the molecule is COc1cc(OC)nc(/N=N/N2CCN(c3cc4c(cc3F)c(=O)c(C(=O)C(C(C)=O)C(C)=O)cn4C3CC3)CC2)n1. The van der Waals surface area contributed by atoms with Crippen LogP contribution in [0.25, 0.3) is 10.9 Å². The fourth-order valence-electron chi connectivity index (χ4n) is 5.02. The van der Waals surface area contributed by atoms with Crippen molar-refractivity contribution in [2.75, 3.05) is 45.3 Å². The molecule has 3 aromatic rings. The fraction of sp³-hybridized carbons (Fsp3) is 0.429. The fourth-order valence-corrected chi connectivity index (χ4v) is 5.02. The van der Waals surface area contributed by atoms with Gasteiger partial charge in [-0.05, 0) is 38.8 Å². The molecular weight excluding hydrogens is 549 g/mol. The van der Waals surface area contributed by atoms with Crippen molar-refractivity contribution in [3.05, 3.63) is 46.0 Å². The third kappa shape index (κ3) is 5.69. The number of ketones is 3. The van der Waals surface area contributed by atoms with Gasteiger partial charge in [-0.2, -0.15) is 9.97 Å². The first kappa shape index (κ1) is 28.8. The van der Waals surface area contributed by atoms with Gasteiger partial charge >= 0.3 is 0 Å². The molecule has 0 atom stereocenters. The Kier molecular flexibility index (Phi) is 7.96. The number of benzene rings is 1. The van der Waals surface area contributed by atoms with Crippen molar-refractivity contribution in [3.8, 4) is 11.8 Å². The zero-order chi connectivity index (χ0) is 30.1. The normalized spacial score (nSPS) is 15.5. The highest BCUT2D eigenvalue weighted by molar-refractivity contribution is 6.23. The van der Waals surface area contributed by atoms with E-state index >= 15 is 4.39 Å². The minimum Gasteiger partial charge on any atom is -0.481 e. The van der Waals surface area contributed by atoms with E-state index in [0.717, 1.165) is 32.8 Å². The molecule has 1 saturated heterocycles. The van der Waals surface area contributed by atoms with E-state index in [9.17, 15) is 19.2 Å². The van der Waals surface area contributed by atoms with E-state index in [0.29, 0.717) is 37.4 Å². The Bertz CT molecular complexity index is 1620. The smallest absolute Gasteiger partial charge is 0.277 e. The first-order valence-electron chi connectivity index (χ1n) is 13.4. The number of pyridine rings is 1. The van der Waals surface area contributed by atoms with Crippen molar-refractivity contribution in [3.63, 3.8) is 0 Å². The predicted molar refractivity (Wildman–Crippen MR) is 149 cm³/mol. The van der Waals surface area contributed by atoms with Crippen LogP contribution >= 0.6 is 0 Å². The second kappa shape index (κ2) is 11.6. The van der Waals surface area contributed by atoms with Crippen molar-refractivity contribution < 1.29 is 28.2 Å². The van der Waals surface area contributed by atoms with Crippen molar-refractivity contribution in [1.29, 1.82) is 0 Å². The molecule has 14 heteroatoms. The summed E-state index contributed by atoms with van der Waals surface area (Å²) >= 11 is 0. The van der Waals surface area contributed by atoms with Gasteiger partial charge in [-0.15, -0.1) is 0 Å². The lowest BCUT2D eigenvalue weighted by Gasteiger charge is -2.34. The number of Topliss-reactive ketones (excluding diaryl/α,β-unsaturated/α-hetero) is 3. The second-order valence-electron chi connectivity index (χ2n) is 10.2. The summed E-state index contributed by atoms with van der Waals surface area (Å²) in [5.74, 6) is -3.67. The Balaban J connectivity index is 1.40. The minimum absolute atomic E-state index is 0.0285. The molecule has 1 aromatic carbocycles. The molecular formula is C28H30FN7O6. The molecule has 0 bridgehead atoms. The summed E-state index contributed by atoms with van der Waals surface area (Å²) in [4.78, 5) is 60.6. The number of anilines is 1. The van der Waals surface area contributed by atoms with Crippen molar-refractivity contribution in [2.45, 2.75) is 32.7 Å². The van der Waals surface area contributed by atoms with Crippen molar-refractivity contribution in [2.24, 2.45) is 16.3 Å². The minimum atomic E-state index is -1.56. The van der Waals surface area contributed by atoms with Gasteiger partial charge in [0.25, 0.3) is 5.95 Å². The van der Waals surface area contributed by atoms with Crippen LogP contribution in [-0.2, 0) is 9.59 Å². The van der Waals surface area contributed by atoms with E-state index in [2.05, 4.69) is 20.3 Å². The first-order chi connectivity index (χ1) is 20.1. The molecule has 1 saturated carbocycles. The number of nitrogens with zero attached hydrogens (tertiary/aromatic N) is 7. The van der Waals surface area contributed by atoms with Crippen LogP contribution < -0.4 is 19.8 Å². The number of halogens is 1. The van der Waals surface area contributed by atoms with Crippen LogP contribution in [0, 0.1) is 11.7 Å². The summed E-state index contributed by atoms with van der Waals surface area (Å²) in [6.45, 7) is 3.99. The van der Waals surface area contributed by atoms with Crippen LogP contribution in [0.1, 0.15) is 43.1 Å². The second-order valence-corrected chi connectivity index (χ2v) is 10.2. The van der Waals surface area contributed by atoms with Gasteiger partial charge in [0.05, 0.1) is 50.1 Å². The zero-order valence-electron chi connectivity index (χ0n) is 23.7. The van der Waals surface area contributed by atoms with Gasteiger partial charge in [0.1, 0.15) is 23.3 Å². The number of piperazine rings is 1. The van der Waals surface area contributed by atoms with E-state index in [1.807, 2.05) is 4.90 Å². The molecule has 2 aliphatic rings. The van der Waals surface area contributed by atoms with Gasteiger partial charge in [-0.25, -0.2) is 4.39 Å². The summed E-state index contributed by atoms with van der Waals surface area (Å²) in [7, 11) is 2.93. The third-order valence-electron chi connectivity index (χ3n) is 7.32. The van der Waals surface area contributed by atoms with Crippen LogP contribution in [-0.4, -0.2) is 77.3 Å². The maximum Gasteiger partial charge on any atom is 0.277 e. The molecule has 0 radical (unpaired) electrons. The molecule has 5 rings (SSSR count). The Labute approximate surface area is 239 Å². The monoisotopic (exact) mass is 579 g/mol. The topological polar surface area (TPSA) is 149 Å². The van der Waals surface area contributed by atoms with Crippen LogP contribution in [0.5, 0.6) is 11.8 Å². The van der Waals surface area contributed by atoms with E-state index in [4.69, 9.17) is 9.47 Å². The molecule has 1 aliphatic carbocycles. The standard InChI is InChI=1S/C28H30FN7O6/c1-15(37)25(16(2)38)27(40)19-14-36(17-5-6-17)21-12-22(20(29)11-18(21)26(19)39)34-7-9-35(10-8-34)33-32-28-30-23(41-3)13-24(31-28)42-4/h11-14,17,25H,5-10H2,1-4H3/b33-32+. The van der Waals surface area contributed by atoms with Crippen molar-refractivity contribution in [1.82, 2.24) is 19.5 Å². The molecule has 2 aromatic heterocycles. The number of ether oxygens (including phenoxy) is 2. The molecule has 13 nitrogen and oxygen atoms in total. The average molecular weight is 580 g/mol. The average Bonchev–Trinajstić information content (AvgIpc) is 3.81. The lowest BCUT2D eigenvalue weighted by atomic mass is 9.91. The molecule has 2 fully saturated rings. The van der Waals surface area contributed by atoms with E-state index in [1.54, 1.807) is 15.6 Å². The van der Waals surface area contributed by atoms with Crippen LogP contribution in [0.3, 0.4) is 0 Å². The van der Waals surface area contributed by atoms with Gasteiger partial charge in [0, 0.05) is 30.7 Å². The highest BCUT2D eigenvalue weighted by Gasteiger charge is 2.34. The van der Waals surface area contributed by atoms with Crippen LogP contribution in [0.15, 0.2) is 39.5 Å². The quantitative estimate of drug-likeness (QED) is 0.199. The van der Waals surface area contributed by atoms with E-state index < -0.39 is 34.5 Å². The van der Waals surface area contributed by atoms with Crippen LogP contribution in [0.4, 0.5) is 16.0 Å². The van der Waals surface area contributed by atoms with Crippen LogP contribution in [0.2, 0.25) is 0 Å². The number of fused-ring (bicyclic) bond motifs is 1. The Morgan fingerprint density at radius 1 is 0.976 bits per heavy atom. The molecule has 0 amide bonds. The van der Waals surface area contributed by atoms with Gasteiger partial charge in [-0.3, -0.25) is 24.2 Å². The Morgan fingerprint density at radius 2 is 1.60 bits per heavy atom. The summed E-state index contributed by atoms with van der Waals surface area (Å²) in [6.07, 6.45) is 3.07. The third-order valence-corrected chi connectivity index (χ3v) is 7.32. The van der Waals surface area contributed by atoms with E-state index in [1.165, 1.54) is 26.5 Å². The predicted octanol–water partition coefficient (Wildman–Crippen LogP) is 3.08. The number of carbonyl (C=O) groups is 3. The molecule has 3 heterocycles. The number of methoxy groups -OCH3 is 2. The number of hydrogen-bond acceptors (Lipinski definition) is 11. The molecule has 0 unspecified atom stereocenters. The number of carbonyl (C=O) groups excluding carboxylic acids is 3. The zero-order valence-corrected chi connectivity index (χ0v) is 23.7. The lowest BCUT2D eigenvalue weighted by molar-refractivity contribution is -0.128. The summed E-state index contributed by atoms with van der Waals surface area (Å²) in [5, 5.41) is 10.0. The van der Waals surface area contributed by atoms with Gasteiger partial charge in [-0.1, -0.05) is 10.3 Å². The molecule has 0 spiro atoms. The number of aromatic nitrogens is 3. The molecule has 220 valence electrons. The van der Waals surface area contributed by atoms with Gasteiger partial charge in [0.15, 0.2) is 11.2 Å². The molecule has 0 N–H and O–H groups in total. The Morgan fingerprint density at radius 3 is 2.14 bits per heavy atom. The van der Waals surface area contributed by atoms with Gasteiger partial charge in [0.2, 0.25) is 11.8 Å². The van der Waals surface area contributed by atoms with Crippen molar-refractivity contribution >= 4 is 39.9 Å².